The average Bonchev–Trinajstić information content (AvgIpc) is 2.96. The van der Waals surface area contributed by atoms with Gasteiger partial charge in [0.15, 0.2) is 0 Å². The molecule has 0 aliphatic heterocycles. The largest absolute Gasteiger partial charge is 0.393 e. The van der Waals surface area contributed by atoms with Gasteiger partial charge in [-0.25, -0.2) is 5.48 Å². The summed E-state index contributed by atoms with van der Waals surface area (Å²) in [6.45, 7) is 7.11. The van der Waals surface area contributed by atoms with E-state index < -0.39 is 5.60 Å². The maximum atomic E-state index is 12.1. The fraction of sp³-hybridized carbons (Fsp3) is 1.00. The lowest BCUT2D eigenvalue weighted by Gasteiger charge is -2.63. The summed E-state index contributed by atoms with van der Waals surface area (Å²) in [6.07, 6.45) is 11.7. The summed E-state index contributed by atoms with van der Waals surface area (Å²) in [7, 11) is 0. The van der Waals surface area contributed by atoms with Crippen molar-refractivity contribution in [3.05, 3.63) is 0 Å². The zero-order valence-corrected chi connectivity index (χ0v) is 18.7. The Morgan fingerprint density at radius 3 is 2.62 bits per heavy atom. The van der Waals surface area contributed by atoms with Gasteiger partial charge in [-0.05, 0) is 106 Å². The first-order valence-electron chi connectivity index (χ1n) is 12.3. The van der Waals surface area contributed by atoms with E-state index in [4.69, 9.17) is 10.6 Å². The van der Waals surface area contributed by atoms with Crippen LogP contribution in [0.2, 0.25) is 0 Å². The molecule has 4 aliphatic rings. The van der Waals surface area contributed by atoms with E-state index in [9.17, 15) is 10.2 Å². The van der Waals surface area contributed by atoms with Crippen LogP contribution in [0.5, 0.6) is 0 Å². The predicted molar refractivity (Wildman–Crippen MR) is 115 cm³/mol. The molecule has 0 radical (unpaired) electrons. The van der Waals surface area contributed by atoms with Crippen molar-refractivity contribution >= 4 is 0 Å². The van der Waals surface area contributed by atoms with Gasteiger partial charge in [-0.3, -0.25) is 0 Å². The van der Waals surface area contributed by atoms with Crippen molar-refractivity contribution in [1.82, 2.24) is 5.48 Å². The molecule has 4 saturated carbocycles. The van der Waals surface area contributed by atoms with Crippen molar-refractivity contribution < 1.29 is 15.1 Å². The molecule has 5 heteroatoms. The van der Waals surface area contributed by atoms with E-state index in [1.54, 1.807) is 0 Å². The van der Waals surface area contributed by atoms with Crippen LogP contribution < -0.4 is 11.2 Å². The highest BCUT2D eigenvalue weighted by atomic mass is 16.6. The van der Waals surface area contributed by atoms with Crippen LogP contribution in [0.25, 0.3) is 0 Å². The van der Waals surface area contributed by atoms with Crippen LogP contribution in [-0.2, 0) is 4.84 Å². The molecular formula is C24H44N2O3. The first kappa shape index (κ1) is 22.0. The van der Waals surface area contributed by atoms with Gasteiger partial charge in [0.2, 0.25) is 0 Å². The Bertz CT molecular complexity index is 574. The van der Waals surface area contributed by atoms with Gasteiger partial charge in [-0.15, -0.1) is 0 Å². The molecule has 5 nitrogen and oxygen atoms in total. The Morgan fingerprint density at radius 2 is 1.83 bits per heavy atom. The average molecular weight is 409 g/mol. The molecule has 0 bridgehead atoms. The Morgan fingerprint density at radius 1 is 1.00 bits per heavy atom. The summed E-state index contributed by atoms with van der Waals surface area (Å²) >= 11 is 0. The van der Waals surface area contributed by atoms with E-state index in [0.717, 1.165) is 70.9 Å². The third-order valence-electron chi connectivity index (χ3n) is 10.1. The molecule has 0 aromatic rings. The molecule has 0 aromatic heterocycles. The third kappa shape index (κ3) is 3.59. The SMILES string of the molecule is C[C@]12CC[C@H](O)C[C@H]1CC[C@@H]1[C@@H]2CC[C@]2(C)[C@@H](CNOCCCCN)CC[C@]12O. The van der Waals surface area contributed by atoms with Gasteiger partial charge in [-0.2, -0.15) is 0 Å². The summed E-state index contributed by atoms with van der Waals surface area (Å²) in [6, 6.07) is 0. The molecule has 0 heterocycles. The van der Waals surface area contributed by atoms with Gasteiger partial charge in [-0.1, -0.05) is 13.8 Å². The summed E-state index contributed by atoms with van der Waals surface area (Å²) in [4.78, 5) is 5.65. The Labute approximate surface area is 177 Å². The van der Waals surface area contributed by atoms with E-state index in [0.29, 0.717) is 35.7 Å². The van der Waals surface area contributed by atoms with Crippen LogP contribution in [0.15, 0.2) is 0 Å². The van der Waals surface area contributed by atoms with Crippen molar-refractivity contribution in [1.29, 1.82) is 0 Å². The van der Waals surface area contributed by atoms with Crippen LogP contribution in [0.1, 0.15) is 84.5 Å². The van der Waals surface area contributed by atoms with Gasteiger partial charge in [0.25, 0.3) is 0 Å². The normalized spacial score (nSPS) is 49.3. The fourth-order valence-corrected chi connectivity index (χ4v) is 8.19. The molecule has 4 aliphatic carbocycles. The van der Waals surface area contributed by atoms with Gasteiger partial charge in [0.1, 0.15) is 0 Å². The number of aliphatic hydroxyl groups is 2. The molecule has 0 saturated heterocycles. The van der Waals surface area contributed by atoms with E-state index in [2.05, 4.69) is 19.3 Å². The molecule has 0 spiro atoms. The predicted octanol–water partition coefficient (Wildman–Crippen LogP) is 3.38. The molecule has 168 valence electrons. The molecule has 0 aromatic carbocycles. The summed E-state index contributed by atoms with van der Waals surface area (Å²) in [5.41, 5.74) is 8.51. The second kappa shape index (κ2) is 8.38. The lowest BCUT2D eigenvalue weighted by atomic mass is 9.43. The molecular weight excluding hydrogens is 364 g/mol. The highest BCUT2D eigenvalue weighted by Gasteiger charge is 2.66. The molecule has 29 heavy (non-hydrogen) atoms. The molecule has 4 rings (SSSR count). The molecule has 8 atom stereocenters. The number of hydroxylamine groups is 1. The monoisotopic (exact) mass is 408 g/mol. The number of rotatable bonds is 7. The Hall–Kier alpha value is -0.200. The first-order valence-corrected chi connectivity index (χ1v) is 12.3. The maximum absolute atomic E-state index is 12.1. The smallest absolute Gasteiger partial charge is 0.0735 e. The van der Waals surface area contributed by atoms with Crippen LogP contribution >= 0.6 is 0 Å². The number of hydrogen-bond donors (Lipinski definition) is 4. The second-order valence-corrected chi connectivity index (χ2v) is 11.2. The second-order valence-electron chi connectivity index (χ2n) is 11.2. The van der Waals surface area contributed by atoms with Crippen molar-refractivity contribution in [3.63, 3.8) is 0 Å². The van der Waals surface area contributed by atoms with Crippen molar-refractivity contribution in [2.45, 2.75) is 96.2 Å². The topological polar surface area (TPSA) is 87.7 Å². The lowest BCUT2D eigenvalue weighted by molar-refractivity contribution is -0.211. The van der Waals surface area contributed by atoms with Crippen LogP contribution in [0.3, 0.4) is 0 Å². The quantitative estimate of drug-likeness (QED) is 0.383. The number of hydrogen-bond acceptors (Lipinski definition) is 5. The molecule has 0 unspecified atom stereocenters. The fourth-order valence-electron chi connectivity index (χ4n) is 8.19. The zero-order valence-electron chi connectivity index (χ0n) is 18.7. The molecule has 0 amide bonds. The van der Waals surface area contributed by atoms with Crippen molar-refractivity contribution in [2.75, 3.05) is 19.7 Å². The van der Waals surface area contributed by atoms with E-state index in [-0.39, 0.29) is 11.5 Å². The van der Waals surface area contributed by atoms with Gasteiger partial charge in [0, 0.05) is 12.0 Å². The van der Waals surface area contributed by atoms with Gasteiger partial charge < -0.3 is 20.8 Å². The Kier molecular flexibility index (Phi) is 6.36. The van der Waals surface area contributed by atoms with E-state index in [1.807, 2.05) is 0 Å². The highest BCUT2D eigenvalue weighted by molar-refractivity contribution is 5.16. The number of fused-ring (bicyclic) bond motifs is 5. The lowest BCUT2D eigenvalue weighted by Crippen LogP contribution is -2.62. The van der Waals surface area contributed by atoms with Crippen LogP contribution in [0.4, 0.5) is 0 Å². The number of aliphatic hydroxyl groups excluding tert-OH is 1. The van der Waals surface area contributed by atoms with Gasteiger partial charge >= 0.3 is 0 Å². The van der Waals surface area contributed by atoms with E-state index >= 15 is 0 Å². The number of nitrogens with one attached hydrogen (secondary N) is 1. The van der Waals surface area contributed by atoms with E-state index in [1.165, 1.54) is 12.8 Å². The minimum absolute atomic E-state index is 0.0147. The summed E-state index contributed by atoms with van der Waals surface area (Å²) < 4.78 is 0. The third-order valence-corrected chi connectivity index (χ3v) is 10.1. The standard InChI is InChI=1S/C24H44N2O3/c1-22-10-8-19(27)15-17(22)5-6-21-20(22)9-11-23(2)18(7-12-24(21,23)28)16-26-29-14-4-3-13-25/h17-21,26-28H,3-16,25H2,1-2H3/t17-,18-,19+,20+,21-,22+,23-,24+/m1/s1. The van der Waals surface area contributed by atoms with Gasteiger partial charge in [0.05, 0.1) is 18.3 Å². The number of unbranched alkanes of at least 4 members (excludes halogenated alkanes) is 1. The number of nitrogens with two attached hydrogens (primary N) is 1. The summed E-state index contributed by atoms with van der Waals surface area (Å²) in [5, 5.41) is 22.3. The minimum atomic E-state index is -0.536. The van der Waals surface area contributed by atoms with Crippen molar-refractivity contribution in [3.8, 4) is 0 Å². The maximum Gasteiger partial charge on any atom is 0.0735 e. The van der Waals surface area contributed by atoms with Crippen molar-refractivity contribution in [2.24, 2.45) is 40.2 Å². The highest BCUT2D eigenvalue weighted by Crippen LogP contribution is 2.68. The van der Waals surface area contributed by atoms with Crippen LogP contribution in [-0.4, -0.2) is 41.6 Å². The minimum Gasteiger partial charge on any atom is -0.393 e. The summed E-state index contributed by atoms with van der Waals surface area (Å²) in [5.74, 6) is 2.15. The molecule has 4 fully saturated rings. The van der Waals surface area contributed by atoms with Crippen LogP contribution in [0, 0.1) is 34.5 Å². The Balaban J connectivity index is 1.43. The first-order chi connectivity index (χ1) is 13.8. The molecule has 5 N–H and O–H groups in total. The zero-order chi connectivity index (χ0) is 20.7.